The number of alkyl halides is 3. The van der Waals surface area contributed by atoms with Crippen LogP contribution in [0.3, 0.4) is 0 Å². The summed E-state index contributed by atoms with van der Waals surface area (Å²) in [6.07, 6.45) is -4.40. The maximum absolute atomic E-state index is 12.6. The minimum atomic E-state index is -4.40. The zero-order chi connectivity index (χ0) is 15.3. The van der Waals surface area contributed by atoms with E-state index < -0.39 is 11.7 Å². The molecule has 0 spiro atoms. The van der Waals surface area contributed by atoms with Gasteiger partial charge in [0.2, 0.25) is 5.96 Å². The number of anilines is 1. The Morgan fingerprint density at radius 2 is 1.71 bits per heavy atom. The maximum atomic E-state index is 12.6. The molecular formula is C14H13F3N4. The van der Waals surface area contributed by atoms with E-state index in [9.17, 15) is 13.2 Å². The second kappa shape index (κ2) is 6.27. The summed E-state index contributed by atoms with van der Waals surface area (Å²) in [5, 5.41) is 2.70. The van der Waals surface area contributed by atoms with Crippen molar-refractivity contribution in [2.75, 3.05) is 5.32 Å². The van der Waals surface area contributed by atoms with Crippen LogP contribution < -0.4 is 16.6 Å². The first-order valence-electron chi connectivity index (χ1n) is 6.03. The molecule has 7 heteroatoms. The second-order valence-electron chi connectivity index (χ2n) is 4.14. The van der Waals surface area contributed by atoms with Gasteiger partial charge < -0.3 is 5.32 Å². The van der Waals surface area contributed by atoms with Crippen molar-refractivity contribution >= 4 is 17.3 Å². The second-order valence-corrected chi connectivity index (χ2v) is 4.14. The lowest BCUT2D eigenvalue weighted by Gasteiger charge is -2.12. The predicted molar refractivity (Wildman–Crippen MR) is 75.9 cm³/mol. The Morgan fingerprint density at radius 3 is 2.33 bits per heavy atom. The predicted octanol–water partition coefficient (Wildman–Crippen LogP) is 3.27. The third-order valence-electron chi connectivity index (χ3n) is 2.59. The molecule has 0 aliphatic carbocycles. The fourth-order valence-corrected chi connectivity index (χ4v) is 1.64. The minimum Gasteiger partial charge on any atom is -0.325 e. The van der Waals surface area contributed by atoms with E-state index >= 15 is 0 Å². The number of nitrogens with two attached hydrogens (primary N) is 1. The van der Waals surface area contributed by atoms with Crippen molar-refractivity contribution in [3.8, 4) is 0 Å². The molecule has 0 heterocycles. The van der Waals surface area contributed by atoms with Crippen LogP contribution in [0.4, 0.5) is 24.5 Å². The van der Waals surface area contributed by atoms with Crippen LogP contribution in [0, 0.1) is 0 Å². The summed E-state index contributed by atoms with van der Waals surface area (Å²) in [5.74, 6) is 5.47. The fourth-order valence-electron chi connectivity index (χ4n) is 1.64. The fraction of sp³-hybridized carbons (Fsp3) is 0.0714. The molecule has 2 aromatic rings. The molecule has 0 aliphatic heterocycles. The van der Waals surface area contributed by atoms with Gasteiger partial charge in [-0.15, -0.1) is 0 Å². The van der Waals surface area contributed by atoms with E-state index in [0.717, 1.165) is 12.1 Å². The molecule has 4 N–H and O–H groups in total. The van der Waals surface area contributed by atoms with Gasteiger partial charge in [0, 0.05) is 5.69 Å². The van der Waals surface area contributed by atoms with Gasteiger partial charge in [-0.1, -0.05) is 24.3 Å². The van der Waals surface area contributed by atoms with Gasteiger partial charge in [0.1, 0.15) is 0 Å². The van der Waals surface area contributed by atoms with Crippen molar-refractivity contribution in [3.05, 3.63) is 60.2 Å². The van der Waals surface area contributed by atoms with Crippen LogP contribution in [0.2, 0.25) is 0 Å². The number of hydrogen-bond donors (Lipinski definition) is 3. The van der Waals surface area contributed by atoms with Gasteiger partial charge in [0.25, 0.3) is 0 Å². The lowest BCUT2D eigenvalue weighted by molar-refractivity contribution is -0.137. The Kier molecular flexibility index (Phi) is 4.44. The van der Waals surface area contributed by atoms with Gasteiger partial charge in [-0.25, -0.2) is 10.8 Å². The van der Waals surface area contributed by atoms with E-state index in [1.165, 1.54) is 12.1 Å². The number of nitrogens with one attached hydrogen (secondary N) is 2. The molecule has 0 aliphatic rings. The minimum absolute atomic E-state index is 0.139. The first-order valence-corrected chi connectivity index (χ1v) is 6.03. The Labute approximate surface area is 119 Å². The highest BCUT2D eigenvalue weighted by Gasteiger charge is 2.30. The lowest BCUT2D eigenvalue weighted by atomic mass is 10.2. The number of rotatable bonds is 2. The Hall–Kier alpha value is -2.54. The van der Waals surface area contributed by atoms with Crippen molar-refractivity contribution in [1.29, 1.82) is 0 Å². The molecule has 0 radical (unpaired) electrons. The number of hydrazine groups is 1. The van der Waals surface area contributed by atoms with E-state index in [0.29, 0.717) is 5.69 Å². The van der Waals surface area contributed by atoms with Crippen LogP contribution in [-0.2, 0) is 6.18 Å². The number of aliphatic imine (C=N–C) groups is 1. The van der Waals surface area contributed by atoms with Crippen molar-refractivity contribution in [3.63, 3.8) is 0 Å². The number of nitrogens with zero attached hydrogens (tertiary/aromatic N) is 1. The van der Waals surface area contributed by atoms with Crippen LogP contribution in [-0.4, -0.2) is 5.96 Å². The van der Waals surface area contributed by atoms with Gasteiger partial charge in [0.05, 0.1) is 11.3 Å². The smallest absolute Gasteiger partial charge is 0.325 e. The summed E-state index contributed by atoms with van der Waals surface area (Å²) in [4.78, 5) is 4.15. The van der Waals surface area contributed by atoms with Crippen molar-refractivity contribution < 1.29 is 13.2 Å². The number of para-hydroxylation sites is 1. The Morgan fingerprint density at radius 1 is 1.00 bits per heavy atom. The molecule has 0 fully saturated rings. The van der Waals surface area contributed by atoms with E-state index in [-0.39, 0.29) is 11.6 Å². The number of hydrogen-bond acceptors (Lipinski definition) is 2. The van der Waals surface area contributed by atoms with Crippen LogP contribution in [0.25, 0.3) is 0 Å². The summed E-state index contributed by atoms with van der Waals surface area (Å²) in [6.45, 7) is 0. The molecule has 0 bridgehead atoms. The molecular weight excluding hydrogens is 281 g/mol. The van der Waals surface area contributed by atoms with Crippen LogP contribution in [0.5, 0.6) is 0 Å². The number of guanidine groups is 1. The van der Waals surface area contributed by atoms with Crippen LogP contribution >= 0.6 is 0 Å². The molecule has 0 saturated carbocycles. The number of halogens is 3. The van der Waals surface area contributed by atoms with Crippen LogP contribution in [0.15, 0.2) is 59.6 Å². The normalized spacial score (nSPS) is 12.1. The first kappa shape index (κ1) is 14.9. The molecule has 2 rings (SSSR count). The van der Waals surface area contributed by atoms with Crippen molar-refractivity contribution in [2.45, 2.75) is 6.18 Å². The highest BCUT2D eigenvalue weighted by molar-refractivity contribution is 5.94. The van der Waals surface area contributed by atoms with E-state index in [1.807, 2.05) is 6.07 Å². The van der Waals surface area contributed by atoms with Gasteiger partial charge in [-0.05, 0) is 30.3 Å². The zero-order valence-electron chi connectivity index (χ0n) is 10.9. The SMILES string of the molecule is NNC(=Nc1ccccc1)Nc1cccc(C(F)(F)F)c1. The Bertz CT molecular complexity index is 624. The van der Waals surface area contributed by atoms with Crippen LogP contribution in [0.1, 0.15) is 5.56 Å². The molecule has 0 saturated heterocycles. The van der Waals surface area contributed by atoms with Crippen molar-refractivity contribution in [1.82, 2.24) is 5.43 Å². The summed E-state index contributed by atoms with van der Waals surface area (Å²) in [5.41, 5.74) is 2.42. The van der Waals surface area contributed by atoms with E-state index in [1.54, 1.807) is 24.3 Å². The van der Waals surface area contributed by atoms with Crippen molar-refractivity contribution in [2.24, 2.45) is 10.8 Å². The largest absolute Gasteiger partial charge is 0.416 e. The summed E-state index contributed by atoms with van der Waals surface area (Å²) >= 11 is 0. The third kappa shape index (κ3) is 4.22. The maximum Gasteiger partial charge on any atom is 0.416 e. The summed E-state index contributed by atoms with van der Waals surface area (Å²) in [7, 11) is 0. The lowest BCUT2D eigenvalue weighted by Crippen LogP contribution is -2.36. The monoisotopic (exact) mass is 294 g/mol. The molecule has 110 valence electrons. The van der Waals surface area contributed by atoms with Gasteiger partial charge in [0.15, 0.2) is 0 Å². The molecule has 0 aromatic heterocycles. The average molecular weight is 294 g/mol. The highest BCUT2D eigenvalue weighted by Crippen LogP contribution is 2.30. The molecule has 0 atom stereocenters. The standard InChI is InChI=1S/C14H13F3N4/c15-14(16,17)10-5-4-8-12(9-10)20-13(21-18)19-11-6-2-1-3-7-11/h1-9H,18H2,(H2,19,20,21). The molecule has 21 heavy (non-hydrogen) atoms. The van der Waals surface area contributed by atoms with E-state index in [4.69, 9.17) is 5.84 Å². The first-order chi connectivity index (χ1) is 9.99. The zero-order valence-corrected chi connectivity index (χ0v) is 10.9. The number of benzene rings is 2. The average Bonchev–Trinajstić information content (AvgIpc) is 2.47. The molecule has 0 amide bonds. The summed E-state index contributed by atoms with van der Waals surface area (Å²) < 4.78 is 37.9. The van der Waals surface area contributed by atoms with Gasteiger partial charge in [-0.2, -0.15) is 13.2 Å². The topological polar surface area (TPSA) is 62.4 Å². The quantitative estimate of drug-likeness (QED) is 0.345. The summed E-state index contributed by atoms with van der Waals surface area (Å²) in [6, 6.07) is 13.7. The highest BCUT2D eigenvalue weighted by atomic mass is 19.4. The third-order valence-corrected chi connectivity index (χ3v) is 2.59. The van der Waals surface area contributed by atoms with E-state index in [2.05, 4.69) is 15.7 Å². The molecule has 4 nitrogen and oxygen atoms in total. The van der Waals surface area contributed by atoms with Gasteiger partial charge >= 0.3 is 6.18 Å². The Balaban J connectivity index is 2.21. The molecule has 2 aromatic carbocycles. The van der Waals surface area contributed by atoms with Gasteiger partial charge in [-0.3, -0.25) is 5.43 Å². The molecule has 0 unspecified atom stereocenters.